The molecule has 0 saturated carbocycles. The summed E-state index contributed by atoms with van der Waals surface area (Å²) in [5.74, 6) is 0.659. The quantitative estimate of drug-likeness (QED) is 0.208. The van der Waals surface area contributed by atoms with Gasteiger partial charge in [0.15, 0.2) is 11.5 Å². The Morgan fingerprint density at radius 2 is 1.68 bits per heavy atom. The van der Waals surface area contributed by atoms with Crippen molar-refractivity contribution in [2.45, 2.75) is 6.61 Å². The van der Waals surface area contributed by atoms with Crippen LogP contribution in [0.3, 0.4) is 0 Å². The normalized spacial score (nSPS) is 11.1. The molecule has 0 fully saturated rings. The van der Waals surface area contributed by atoms with Gasteiger partial charge in [-0.25, -0.2) is 13.8 Å². The minimum Gasteiger partial charge on any atom is -0.493 e. The fourth-order valence-electron chi connectivity index (χ4n) is 3.26. The van der Waals surface area contributed by atoms with Crippen LogP contribution >= 0.6 is 0 Å². The van der Waals surface area contributed by atoms with Gasteiger partial charge in [0.2, 0.25) is 10.0 Å². The smallest absolute Gasteiger partial charge is 0.269 e. The van der Waals surface area contributed by atoms with E-state index in [-0.39, 0.29) is 18.0 Å². The molecule has 0 unspecified atom stereocenters. The number of anilines is 1. The van der Waals surface area contributed by atoms with Crippen molar-refractivity contribution in [1.82, 2.24) is 5.43 Å². The number of hydrazone groups is 1. The number of benzene rings is 3. The third kappa shape index (κ3) is 7.67. The molecule has 3 rings (SSSR count). The van der Waals surface area contributed by atoms with E-state index in [0.717, 1.165) is 16.1 Å². The lowest BCUT2D eigenvalue weighted by Crippen LogP contribution is -2.39. The number of nitrogens with zero attached hydrogens (tertiary/aromatic N) is 3. The Bertz CT molecular complexity index is 1410. The molecule has 0 aliphatic carbocycles. The Morgan fingerprint density at radius 1 is 1.03 bits per heavy atom. The first-order valence-corrected chi connectivity index (χ1v) is 12.9. The van der Waals surface area contributed by atoms with Crippen molar-refractivity contribution in [3.63, 3.8) is 0 Å². The number of ether oxygens (including phenoxy) is 3. The summed E-state index contributed by atoms with van der Waals surface area (Å²) in [4.78, 5) is 22.7. The Balaban J connectivity index is 1.56. The van der Waals surface area contributed by atoms with Gasteiger partial charge in [-0.1, -0.05) is 0 Å². The number of carbonyl (C=O) groups is 1. The maximum absolute atomic E-state index is 12.4. The number of sulfonamides is 1. The molecule has 0 aliphatic heterocycles. The Labute approximate surface area is 219 Å². The van der Waals surface area contributed by atoms with Crippen molar-refractivity contribution in [3.05, 3.63) is 88.0 Å². The maximum Gasteiger partial charge on any atom is 0.269 e. The molecule has 0 radical (unpaired) electrons. The number of nitro groups is 1. The van der Waals surface area contributed by atoms with Crippen LogP contribution in [0.5, 0.6) is 17.2 Å². The van der Waals surface area contributed by atoms with Gasteiger partial charge in [0.1, 0.15) is 18.9 Å². The maximum atomic E-state index is 12.4. The fraction of sp³-hybridized carbons (Fsp3) is 0.200. The van der Waals surface area contributed by atoms with Crippen LogP contribution in [0.4, 0.5) is 11.4 Å². The number of non-ortho nitro benzene ring substituents is 1. The molecule has 200 valence electrons. The third-order valence-corrected chi connectivity index (χ3v) is 6.32. The number of rotatable bonds is 12. The summed E-state index contributed by atoms with van der Waals surface area (Å²) in [5.41, 5.74) is 3.99. The Kier molecular flexibility index (Phi) is 9.22. The van der Waals surface area contributed by atoms with Gasteiger partial charge in [-0.15, -0.1) is 0 Å². The molecule has 0 aliphatic rings. The first kappa shape index (κ1) is 27.9. The minimum atomic E-state index is -3.79. The first-order valence-electron chi connectivity index (χ1n) is 11.1. The highest BCUT2D eigenvalue weighted by Crippen LogP contribution is 2.32. The lowest BCUT2D eigenvalue weighted by molar-refractivity contribution is -0.384. The molecule has 13 heteroatoms. The summed E-state index contributed by atoms with van der Waals surface area (Å²) >= 11 is 0. The van der Waals surface area contributed by atoms with E-state index in [2.05, 4.69) is 10.5 Å². The van der Waals surface area contributed by atoms with Crippen molar-refractivity contribution in [1.29, 1.82) is 0 Å². The van der Waals surface area contributed by atoms with Gasteiger partial charge in [0.05, 0.1) is 37.3 Å². The molecule has 1 amide bonds. The molecule has 0 bridgehead atoms. The molecule has 3 aromatic rings. The average Bonchev–Trinajstić information content (AvgIpc) is 2.90. The zero-order valence-corrected chi connectivity index (χ0v) is 21.7. The van der Waals surface area contributed by atoms with E-state index in [9.17, 15) is 23.3 Å². The molecule has 1 N–H and O–H groups in total. The number of hydrogen-bond acceptors (Lipinski definition) is 9. The number of nitro benzene ring substituents is 1. The van der Waals surface area contributed by atoms with E-state index in [1.165, 1.54) is 44.7 Å². The Hall–Kier alpha value is -4.65. The molecule has 0 saturated heterocycles. The summed E-state index contributed by atoms with van der Waals surface area (Å²) in [6.45, 7) is -0.264. The lowest BCUT2D eigenvalue weighted by Gasteiger charge is -2.22. The van der Waals surface area contributed by atoms with Crippen LogP contribution in [0.1, 0.15) is 11.1 Å². The molecule has 0 heterocycles. The van der Waals surface area contributed by atoms with Crippen molar-refractivity contribution in [3.8, 4) is 17.2 Å². The highest BCUT2D eigenvalue weighted by atomic mass is 32.2. The second-order valence-electron chi connectivity index (χ2n) is 7.88. The summed E-state index contributed by atoms with van der Waals surface area (Å²) in [5, 5.41) is 14.6. The summed E-state index contributed by atoms with van der Waals surface area (Å²) in [6.07, 6.45) is 2.39. The number of carbonyl (C=O) groups excluding carboxylic acids is 1. The monoisotopic (exact) mass is 542 g/mol. The van der Waals surface area contributed by atoms with Crippen molar-refractivity contribution in [2.24, 2.45) is 5.10 Å². The van der Waals surface area contributed by atoms with E-state index >= 15 is 0 Å². The summed E-state index contributed by atoms with van der Waals surface area (Å²) in [6, 6.07) is 17.4. The number of amides is 1. The van der Waals surface area contributed by atoms with Crippen molar-refractivity contribution < 1.29 is 32.3 Å². The zero-order valence-electron chi connectivity index (χ0n) is 20.9. The molecule has 0 atom stereocenters. The highest BCUT2D eigenvalue weighted by Gasteiger charge is 2.22. The number of nitrogens with one attached hydrogen (secondary N) is 1. The second kappa shape index (κ2) is 12.5. The van der Waals surface area contributed by atoms with Crippen LogP contribution in [0.2, 0.25) is 0 Å². The van der Waals surface area contributed by atoms with Gasteiger partial charge in [-0.3, -0.25) is 19.2 Å². The molecule has 3 aromatic carbocycles. The standard InChI is InChI=1S/C25H26N4O8S/c1-35-23-13-10-21(14-24(23)36-2)28(38(3,33)34)16-25(30)27-26-15-18-6-11-22(12-7-18)37-17-19-4-8-20(9-5-19)29(31)32/h4-15H,16-17H2,1-3H3,(H,27,30)/b26-15-. The topological polar surface area (TPSA) is 150 Å². The summed E-state index contributed by atoms with van der Waals surface area (Å²) in [7, 11) is -0.910. The van der Waals surface area contributed by atoms with Crippen LogP contribution in [0.15, 0.2) is 71.8 Å². The predicted molar refractivity (Wildman–Crippen MR) is 141 cm³/mol. The third-order valence-electron chi connectivity index (χ3n) is 5.18. The molecule has 12 nitrogen and oxygen atoms in total. The molecule has 0 aromatic heterocycles. The van der Waals surface area contributed by atoms with Gasteiger partial charge in [0, 0.05) is 18.2 Å². The largest absolute Gasteiger partial charge is 0.493 e. The van der Waals surface area contributed by atoms with E-state index in [0.29, 0.717) is 22.8 Å². The molecule has 38 heavy (non-hydrogen) atoms. The van der Waals surface area contributed by atoms with Crippen LogP contribution < -0.4 is 23.9 Å². The predicted octanol–water partition coefficient (Wildman–Crippen LogP) is 3.11. The van der Waals surface area contributed by atoms with Gasteiger partial charge in [-0.05, 0) is 59.7 Å². The molecular weight excluding hydrogens is 516 g/mol. The molecule has 0 spiro atoms. The van der Waals surface area contributed by atoms with E-state index < -0.39 is 27.4 Å². The van der Waals surface area contributed by atoms with Crippen molar-refractivity contribution >= 4 is 33.5 Å². The fourth-order valence-corrected chi connectivity index (χ4v) is 4.10. The van der Waals surface area contributed by atoms with Gasteiger partial charge < -0.3 is 14.2 Å². The highest BCUT2D eigenvalue weighted by molar-refractivity contribution is 7.92. The van der Waals surface area contributed by atoms with Gasteiger partial charge in [-0.2, -0.15) is 5.10 Å². The van der Waals surface area contributed by atoms with Gasteiger partial charge in [0.25, 0.3) is 11.6 Å². The Morgan fingerprint density at radius 3 is 2.26 bits per heavy atom. The zero-order chi connectivity index (χ0) is 27.7. The SMILES string of the molecule is COc1ccc(N(CC(=O)N/N=C\c2ccc(OCc3ccc([N+](=O)[O-])cc3)cc2)S(C)(=O)=O)cc1OC. The van der Waals surface area contributed by atoms with Crippen LogP contribution in [-0.4, -0.2) is 52.5 Å². The van der Waals surface area contributed by atoms with Crippen LogP contribution in [0, 0.1) is 10.1 Å². The lowest BCUT2D eigenvalue weighted by atomic mass is 10.2. The average molecular weight is 543 g/mol. The van der Waals surface area contributed by atoms with Crippen LogP contribution in [0.25, 0.3) is 0 Å². The first-order chi connectivity index (χ1) is 18.1. The van der Waals surface area contributed by atoms with E-state index in [4.69, 9.17) is 14.2 Å². The minimum absolute atomic E-state index is 0.00877. The van der Waals surface area contributed by atoms with E-state index in [1.807, 2.05) is 0 Å². The van der Waals surface area contributed by atoms with Crippen molar-refractivity contribution in [2.75, 3.05) is 31.3 Å². The van der Waals surface area contributed by atoms with Crippen LogP contribution in [-0.2, 0) is 21.4 Å². The van der Waals surface area contributed by atoms with E-state index in [1.54, 1.807) is 42.5 Å². The summed E-state index contributed by atoms with van der Waals surface area (Å²) < 4.78 is 41.6. The second-order valence-corrected chi connectivity index (χ2v) is 9.79. The molecular formula is C25H26N4O8S. The number of methoxy groups -OCH3 is 2. The van der Waals surface area contributed by atoms with Gasteiger partial charge >= 0.3 is 0 Å². The number of hydrogen-bond donors (Lipinski definition) is 1.